The number of rotatable bonds is 7. The van der Waals surface area contributed by atoms with E-state index in [0.717, 1.165) is 56.4 Å². The zero-order valence-corrected chi connectivity index (χ0v) is 19.6. The molecule has 0 radical (unpaired) electrons. The highest BCUT2D eigenvalue weighted by Crippen LogP contribution is 2.46. The van der Waals surface area contributed by atoms with Gasteiger partial charge in [0, 0.05) is 33.9 Å². The standard InChI is InChI=1S/C23H21N3O4S2/c1-27-13-5-6-14(17(9-13)28-2)16-11-31-22(24-16)26-23-25-21-15-10-19(30-4)18(29-3)7-12(15)8-20(21)32-23/h5-7,9-11H,8H2,1-4H3,(H,24,25,26). The molecule has 5 rings (SSSR count). The van der Waals surface area contributed by atoms with Crippen molar-refractivity contribution in [2.45, 2.75) is 6.42 Å². The van der Waals surface area contributed by atoms with E-state index in [2.05, 4.69) is 5.32 Å². The van der Waals surface area contributed by atoms with Crippen LogP contribution in [0.15, 0.2) is 35.7 Å². The van der Waals surface area contributed by atoms with Crippen molar-refractivity contribution in [1.29, 1.82) is 0 Å². The fourth-order valence-corrected chi connectivity index (χ4v) is 5.52. The summed E-state index contributed by atoms with van der Waals surface area (Å²) in [6.07, 6.45) is 0.830. The van der Waals surface area contributed by atoms with Gasteiger partial charge in [-0.2, -0.15) is 0 Å². The molecule has 0 unspecified atom stereocenters. The molecule has 7 nitrogen and oxygen atoms in total. The second-order valence-electron chi connectivity index (χ2n) is 7.06. The average molecular weight is 468 g/mol. The summed E-state index contributed by atoms with van der Waals surface area (Å²) in [6.45, 7) is 0. The topological polar surface area (TPSA) is 74.7 Å². The zero-order chi connectivity index (χ0) is 22.2. The van der Waals surface area contributed by atoms with Gasteiger partial charge < -0.3 is 24.3 Å². The van der Waals surface area contributed by atoms with Crippen LogP contribution in [0.3, 0.4) is 0 Å². The summed E-state index contributed by atoms with van der Waals surface area (Å²) in [5.41, 5.74) is 5.02. The third-order valence-corrected chi connectivity index (χ3v) is 7.04. The van der Waals surface area contributed by atoms with Crippen LogP contribution in [0.2, 0.25) is 0 Å². The molecule has 32 heavy (non-hydrogen) atoms. The van der Waals surface area contributed by atoms with Crippen LogP contribution in [0.4, 0.5) is 10.3 Å². The molecule has 9 heteroatoms. The maximum absolute atomic E-state index is 5.51. The van der Waals surface area contributed by atoms with Crippen LogP contribution in [0, 0.1) is 0 Å². The second-order valence-corrected chi connectivity index (χ2v) is 9.00. The smallest absolute Gasteiger partial charge is 0.189 e. The minimum atomic E-state index is 0.708. The first-order valence-corrected chi connectivity index (χ1v) is 11.5. The molecule has 0 amide bonds. The first-order valence-electron chi connectivity index (χ1n) is 9.83. The highest BCUT2D eigenvalue weighted by Gasteiger charge is 2.26. The Labute approximate surface area is 193 Å². The van der Waals surface area contributed by atoms with Crippen LogP contribution in [0.25, 0.3) is 22.5 Å². The number of thiazole rings is 2. The van der Waals surface area contributed by atoms with E-state index in [1.165, 1.54) is 21.8 Å². The average Bonchev–Trinajstić information content (AvgIpc) is 3.52. The summed E-state index contributed by atoms with van der Waals surface area (Å²) in [5, 5.41) is 6.95. The normalized spacial score (nSPS) is 11.6. The Morgan fingerprint density at radius 1 is 0.812 bits per heavy atom. The van der Waals surface area contributed by atoms with E-state index in [-0.39, 0.29) is 0 Å². The van der Waals surface area contributed by atoms with Gasteiger partial charge in [-0.05, 0) is 29.8 Å². The molecule has 2 aromatic heterocycles. The monoisotopic (exact) mass is 467 g/mol. The number of fused-ring (bicyclic) bond motifs is 3. The van der Waals surface area contributed by atoms with Crippen molar-refractivity contribution in [3.63, 3.8) is 0 Å². The highest BCUT2D eigenvalue weighted by molar-refractivity contribution is 7.17. The lowest BCUT2D eigenvalue weighted by atomic mass is 10.1. The summed E-state index contributed by atoms with van der Waals surface area (Å²) in [5.74, 6) is 2.91. The quantitative estimate of drug-likeness (QED) is 0.333. The van der Waals surface area contributed by atoms with Gasteiger partial charge in [0.15, 0.2) is 21.8 Å². The molecule has 0 bridgehead atoms. The molecular formula is C23H21N3O4S2. The van der Waals surface area contributed by atoms with E-state index in [4.69, 9.17) is 28.9 Å². The summed E-state index contributed by atoms with van der Waals surface area (Å²) in [7, 11) is 6.57. The molecule has 1 aliphatic rings. The van der Waals surface area contributed by atoms with Gasteiger partial charge in [0.05, 0.1) is 39.8 Å². The van der Waals surface area contributed by atoms with Crippen LogP contribution < -0.4 is 24.3 Å². The summed E-state index contributed by atoms with van der Waals surface area (Å²) >= 11 is 3.17. The second kappa shape index (κ2) is 8.33. The van der Waals surface area contributed by atoms with Crippen molar-refractivity contribution < 1.29 is 18.9 Å². The maximum Gasteiger partial charge on any atom is 0.189 e. The van der Waals surface area contributed by atoms with Crippen molar-refractivity contribution in [2.75, 3.05) is 33.8 Å². The Kier molecular flexibility index (Phi) is 5.36. The number of nitrogens with one attached hydrogen (secondary N) is 1. The lowest BCUT2D eigenvalue weighted by Crippen LogP contribution is -1.94. The number of ether oxygens (including phenoxy) is 4. The molecule has 2 heterocycles. The van der Waals surface area contributed by atoms with Gasteiger partial charge in [0.2, 0.25) is 0 Å². The zero-order valence-electron chi connectivity index (χ0n) is 18.0. The number of methoxy groups -OCH3 is 4. The van der Waals surface area contributed by atoms with Crippen molar-refractivity contribution >= 4 is 32.9 Å². The molecule has 0 aliphatic heterocycles. The molecule has 4 aromatic rings. The molecule has 1 aliphatic carbocycles. The lowest BCUT2D eigenvalue weighted by Gasteiger charge is -2.10. The first-order chi connectivity index (χ1) is 15.6. The fourth-order valence-electron chi connectivity index (χ4n) is 3.75. The van der Waals surface area contributed by atoms with Gasteiger partial charge in [-0.15, -0.1) is 22.7 Å². The maximum atomic E-state index is 5.51. The van der Waals surface area contributed by atoms with Crippen LogP contribution in [0.5, 0.6) is 23.0 Å². The molecule has 1 N–H and O–H groups in total. The molecule has 0 saturated carbocycles. The van der Waals surface area contributed by atoms with Gasteiger partial charge in [-0.25, -0.2) is 9.97 Å². The van der Waals surface area contributed by atoms with Gasteiger partial charge in [-0.3, -0.25) is 0 Å². The Morgan fingerprint density at radius 3 is 2.34 bits per heavy atom. The number of anilines is 2. The number of hydrogen-bond acceptors (Lipinski definition) is 9. The fraction of sp³-hybridized carbons (Fsp3) is 0.217. The lowest BCUT2D eigenvalue weighted by molar-refractivity contribution is 0.355. The molecule has 0 spiro atoms. The SMILES string of the molecule is COc1ccc(-c2csc(Nc3nc4c(s3)Cc3cc(OC)c(OC)cc3-4)n2)c(OC)c1. The molecule has 164 valence electrons. The van der Waals surface area contributed by atoms with E-state index in [0.29, 0.717) is 5.75 Å². The molecule has 0 saturated heterocycles. The van der Waals surface area contributed by atoms with Gasteiger partial charge in [0.25, 0.3) is 0 Å². The van der Waals surface area contributed by atoms with Crippen LogP contribution >= 0.6 is 22.7 Å². The van der Waals surface area contributed by atoms with Gasteiger partial charge in [-0.1, -0.05) is 0 Å². The Bertz CT molecular complexity index is 1300. The molecular weight excluding hydrogens is 446 g/mol. The minimum Gasteiger partial charge on any atom is -0.497 e. The number of aromatic nitrogens is 2. The van der Waals surface area contributed by atoms with Crippen molar-refractivity contribution in [2.24, 2.45) is 0 Å². The molecule has 0 atom stereocenters. The third-order valence-electron chi connectivity index (χ3n) is 5.32. The Hall–Kier alpha value is -3.30. The summed E-state index contributed by atoms with van der Waals surface area (Å²) < 4.78 is 21.7. The van der Waals surface area contributed by atoms with E-state index in [1.807, 2.05) is 35.7 Å². The number of nitrogens with zero attached hydrogens (tertiary/aromatic N) is 2. The van der Waals surface area contributed by atoms with Crippen LogP contribution in [-0.4, -0.2) is 38.4 Å². The third kappa shape index (κ3) is 3.53. The summed E-state index contributed by atoms with van der Waals surface area (Å²) in [4.78, 5) is 10.8. The van der Waals surface area contributed by atoms with Crippen molar-refractivity contribution in [3.8, 4) is 45.5 Å². The highest BCUT2D eigenvalue weighted by atomic mass is 32.1. The Balaban J connectivity index is 1.40. The minimum absolute atomic E-state index is 0.708. The predicted molar refractivity (Wildman–Crippen MR) is 127 cm³/mol. The predicted octanol–water partition coefficient (Wildman–Crippen LogP) is 5.62. The molecule has 2 aromatic carbocycles. The van der Waals surface area contributed by atoms with E-state index >= 15 is 0 Å². The van der Waals surface area contributed by atoms with Gasteiger partial charge in [0.1, 0.15) is 11.5 Å². The number of hydrogen-bond donors (Lipinski definition) is 1. The molecule has 0 fully saturated rings. The summed E-state index contributed by atoms with van der Waals surface area (Å²) in [6, 6.07) is 9.74. The van der Waals surface area contributed by atoms with E-state index < -0.39 is 0 Å². The van der Waals surface area contributed by atoms with Crippen molar-refractivity contribution in [3.05, 3.63) is 46.2 Å². The first kappa shape index (κ1) is 20.6. The van der Waals surface area contributed by atoms with Crippen molar-refractivity contribution in [1.82, 2.24) is 9.97 Å². The Morgan fingerprint density at radius 2 is 1.59 bits per heavy atom. The number of benzene rings is 2. The van der Waals surface area contributed by atoms with E-state index in [9.17, 15) is 0 Å². The largest absolute Gasteiger partial charge is 0.497 e. The van der Waals surface area contributed by atoms with Crippen LogP contribution in [-0.2, 0) is 6.42 Å². The van der Waals surface area contributed by atoms with Gasteiger partial charge >= 0.3 is 0 Å². The van der Waals surface area contributed by atoms with Crippen LogP contribution in [0.1, 0.15) is 10.4 Å². The van der Waals surface area contributed by atoms with E-state index in [1.54, 1.807) is 39.8 Å².